The summed E-state index contributed by atoms with van der Waals surface area (Å²) in [5.74, 6) is 0. The molecule has 0 saturated carbocycles. The molecule has 15 heavy (non-hydrogen) atoms. The van der Waals surface area contributed by atoms with Crippen molar-refractivity contribution in [2.75, 3.05) is 30.8 Å². The Morgan fingerprint density at radius 1 is 1.13 bits per heavy atom. The van der Waals surface area contributed by atoms with Gasteiger partial charge in [0.05, 0.1) is 0 Å². The van der Waals surface area contributed by atoms with Gasteiger partial charge in [-0.1, -0.05) is 0 Å². The van der Waals surface area contributed by atoms with Crippen LogP contribution in [0.4, 0.5) is 11.4 Å². The van der Waals surface area contributed by atoms with Crippen molar-refractivity contribution in [2.24, 2.45) is 0 Å². The lowest BCUT2D eigenvalue weighted by Gasteiger charge is -2.33. The number of hydrogen-bond acceptors (Lipinski definition) is 3. The Hall–Kier alpha value is -1.22. The molecule has 2 fully saturated rings. The molecule has 2 heterocycles. The lowest BCUT2D eigenvalue weighted by Crippen LogP contribution is -2.44. The van der Waals surface area contributed by atoms with Gasteiger partial charge in [-0.2, -0.15) is 0 Å². The molecular formula is C12H17N3. The maximum absolute atomic E-state index is 5.70. The third-order valence-electron chi connectivity index (χ3n) is 3.74. The fraction of sp³-hybridized carbons (Fsp3) is 0.500. The van der Waals surface area contributed by atoms with E-state index >= 15 is 0 Å². The molecule has 0 unspecified atom stereocenters. The van der Waals surface area contributed by atoms with E-state index in [4.69, 9.17) is 5.73 Å². The van der Waals surface area contributed by atoms with Crippen molar-refractivity contribution in [3.8, 4) is 0 Å². The number of anilines is 2. The van der Waals surface area contributed by atoms with Crippen LogP contribution < -0.4 is 10.6 Å². The van der Waals surface area contributed by atoms with Crippen LogP contribution in [0, 0.1) is 0 Å². The Labute approximate surface area is 90.5 Å². The Kier molecular flexibility index (Phi) is 1.89. The van der Waals surface area contributed by atoms with Crippen molar-refractivity contribution < 1.29 is 0 Å². The molecule has 0 amide bonds. The molecule has 1 aromatic rings. The summed E-state index contributed by atoms with van der Waals surface area (Å²) < 4.78 is 0. The van der Waals surface area contributed by atoms with Crippen LogP contribution in [0.1, 0.15) is 6.42 Å². The van der Waals surface area contributed by atoms with Gasteiger partial charge < -0.3 is 10.6 Å². The van der Waals surface area contributed by atoms with Gasteiger partial charge in [0.25, 0.3) is 0 Å². The fourth-order valence-corrected chi connectivity index (χ4v) is 2.85. The van der Waals surface area contributed by atoms with Crippen LogP contribution in [0.3, 0.4) is 0 Å². The van der Waals surface area contributed by atoms with E-state index in [1.807, 2.05) is 12.1 Å². The monoisotopic (exact) mass is 203 g/mol. The summed E-state index contributed by atoms with van der Waals surface area (Å²) in [6.07, 6.45) is 1.32. The molecule has 3 heteroatoms. The average molecular weight is 203 g/mol. The first kappa shape index (κ1) is 9.04. The van der Waals surface area contributed by atoms with Crippen LogP contribution in [-0.4, -0.2) is 37.1 Å². The van der Waals surface area contributed by atoms with Crippen molar-refractivity contribution in [1.82, 2.24) is 4.90 Å². The van der Waals surface area contributed by atoms with Gasteiger partial charge in [-0.3, -0.25) is 4.90 Å². The first-order valence-corrected chi connectivity index (χ1v) is 5.56. The second kappa shape index (κ2) is 3.14. The van der Waals surface area contributed by atoms with E-state index in [0.717, 1.165) is 11.7 Å². The highest BCUT2D eigenvalue weighted by molar-refractivity contribution is 5.55. The van der Waals surface area contributed by atoms with E-state index < -0.39 is 0 Å². The number of fused-ring (bicyclic) bond motifs is 2. The Balaban J connectivity index is 1.83. The number of likely N-dealkylation sites (tertiary alicyclic amines) is 1. The molecule has 80 valence electrons. The molecule has 2 saturated heterocycles. The van der Waals surface area contributed by atoms with Crippen molar-refractivity contribution in [3.63, 3.8) is 0 Å². The summed E-state index contributed by atoms with van der Waals surface area (Å²) >= 11 is 0. The number of hydrogen-bond donors (Lipinski definition) is 1. The Morgan fingerprint density at radius 2 is 1.87 bits per heavy atom. The zero-order chi connectivity index (χ0) is 10.4. The minimum absolute atomic E-state index is 0.712. The molecule has 2 atom stereocenters. The molecule has 0 spiro atoms. The topological polar surface area (TPSA) is 32.5 Å². The zero-order valence-corrected chi connectivity index (χ0v) is 9.06. The fourth-order valence-electron chi connectivity index (χ4n) is 2.85. The molecule has 2 N–H and O–H groups in total. The first-order chi connectivity index (χ1) is 7.24. The molecule has 0 radical (unpaired) electrons. The number of piperazine rings is 1. The van der Waals surface area contributed by atoms with Crippen LogP contribution in [0.2, 0.25) is 0 Å². The molecule has 0 aliphatic carbocycles. The number of nitrogens with two attached hydrogens (primary N) is 1. The third-order valence-corrected chi connectivity index (χ3v) is 3.74. The average Bonchev–Trinajstić information content (AvgIpc) is 2.77. The minimum Gasteiger partial charge on any atom is -0.399 e. The summed E-state index contributed by atoms with van der Waals surface area (Å²) in [7, 11) is 2.23. The van der Waals surface area contributed by atoms with Gasteiger partial charge >= 0.3 is 0 Å². The summed E-state index contributed by atoms with van der Waals surface area (Å²) in [5.41, 5.74) is 7.87. The predicted octanol–water partition coefficient (Wildman–Crippen LogP) is 1.16. The lowest BCUT2D eigenvalue weighted by atomic mass is 10.2. The van der Waals surface area contributed by atoms with Gasteiger partial charge in [-0.15, -0.1) is 0 Å². The lowest BCUT2D eigenvalue weighted by molar-refractivity contribution is 0.292. The molecule has 2 bridgehead atoms. The molecule has 3 rings (SSSR count). The summed E-state index contributed by atoms with van der Waals surface area (Å²) in [4.78, 5) is 4.99. The second-order valence-corrected chi connectivity index (χ2v) is 4.73. The van der Waals surface area contributed by atoms with E-state index in [9.17, 15) is 0 Å². The largest absolute Gasteiger partial charge is 0.399 e. The second-order valence-electron chi connectivity index (χ2n) is 4.73. The molecule has 1 aromatic carbocycles. The van der Waals surface area contributed by atoms with Crippen molar-refractivity contribution in [3.05, 3.63) is 24.3 Å². The highest BCUT2D eigenvalue weighted by atomic mass is 15.3. The van der Waals surface area contributed by atoms with Crippen LogP contribution in [0.15, 0.2) is 24.3 Å². The summed E-state index contributed by atoms with van der Waals surface area (Å²) in [5, 5.41) is 0. The van der Waals surface area contributed by atoms with E-state index in [2.05, 4.69) is 29.0 Å². The number of nitrogen functional groups attached to an aromatic ring is 1. The molecule has 0 aromatic heterocycles. The molecule has 2 aliphatic rings. The minimum atomic E-state index is 0.712. The summed E-state index contributed by atoms with van der Waals surface area (Å²) in [6, 6.07) is 9.72. The number of rotatable bonds is 1. The number of benzene rings is 1. The third kappa shape index (κ3) is 1.38. The molecular weight excluding hydrogens is 186 g/mol. The van der Waals surface area contributed by atoms with Gasteiger partial charge in [0.1, 0.15) is 0 Å². The molecule has 2 aliphatic heterocycles. The van der Waals surface area contributed by atoms with Crippen LogP contribution in [-0.2, 0) is 0 Å². The number of nitrogens with zero attached hydrogens (tertiary/aromatic N) is 2. The van der Waals surface area contributed by atoms with Crippen LogP contribution in [0.5, 0.6) is 0 Å². The van der Waals surface area contributed by atoms with Gasteiger partial charge in [-0.05, 0) is 37.7 Å². The normalized spacial score (nSPS) is 30.1. The van der Waals surface area contributed by atoms with Crippen LogP contribution in [0.25, 0.3) is 0 Å². The standard InChI is InChI=1S/C12H17N3/c1-14-7-12-6-11(14)8-15(12)10-4-2-9(13)3-5-10/h2-5,11-12H,6-8,13H2,1H3/t11-,12-/m1/s1. The van der Waals surface area contributed by atoms with E-state index in [1.54, 1.807) is 0 Å². The maximum atomic E-state index is 5.70. The van der Waals surface area contributed by atoms with E-state index in [0.29, 0.717) is 6.04 Å². The predicted molar refractivity (Wildman–Crippen MR) is 63.0 cm³/mol. The first-order valence-electron chi connectivity index (χ1n) is 5.56. The highest BCUT2D eigenvalue weighted by Gasteiger charge is 2.41. The van der Waals surface area contributed by atoms with Gasteiger partial charge in [0.15, 0.2) is 0 Å². The van der Waals surface area contributed by atoms with Crippen LogP contribution >= 0.6 is 0 Å². The van der Waals surface area contributed by atoms with Gasteiger partial charge in [-0.25, -0.2) is 0 Å². The smallest absolute Gasteiger partial charge is 0.0433 e. The van der Waals surface area contributed by atoms with Crippen molar-refractivity contribution in [2.45, 2.75) is 18.5 Å². The molecule has 3 nitrogen and oxygen atoms in total. The SMILES string of the molecule is CN1C[C@H]2C[C@@H]1CN2c1ccc(N)cc1. The van der Waals surface area contributed by atoms with E-state index in [-0.39, 0.29) is 0 Å². The quantitative estimate of drug-likeness (QED) is 0.695. The van der Waals surface area contributed by atoms with Crippen molar-refractivity contribution in [1.29, 1.82) is 0 Å². The van der Waals surface area contributed by atoms with Gasteiger partial charge in [0, 0.05) is 36.5 Å². The highest BCUT2D eigenvalue weighted by Crippen LogP contribution is 2.33. The number of likely N-dealkylation sites (N-methyl/N-ethyl adjacent to an activating group) is 1. The Bertz CT molecular complexity index is 358. The van der Waals surface area contributed by atoms with Gasteiger partial charge in [0.2, 0.25) is 0 Å². The Morgan fingerprint density at radius 3 is 2.40 bits per heavy atom. The van der Waals surface area contributed by atoms with Crippen molar-refractivity contribution >= 4 is 11.4 Å². The van der Waals surface area contributed by atoms with E-state index in [1.165, 1.54) is 25.2 Å². The zero-order valence-electron chi connectivity index (χ0n) is 9.06. The maximum Gasteiger partial charge on any atom is 0.0433 e. The summed E-state index contributed by atoms with van der Waals surface area (Å²) in [6.45, 7) is 2.38.